The number of anilines is 1. The molecule has 160 valence electrons. The van der Waals surface area contributed by atoms with Gasteiger partial charge in [0.2, 0.25) is 0 Å². The van der Waals surface area contributed by atoms with E-state index < -0.39 is 0 Å². The lowest BCUT2D eigenvalue weighted by atomic mass is 10.0. The quantitative estimate of drug-likeness (QED) is 0.495. The van der Waals surface area contributed by atoms with Gasteiger partial charge in [0.15, 0.2) is 17.3 Å². The van der Waals surface area contributed by atoms with Crippen molar-refractivity contribution in [3.05, 3.63) is 35.8 Å². The van der Waals surface area contributed by atoms with Crippen LogP contribution in [0.2, 0.25) is 0 Å². The number of likely N-dealkylation sites (N-methyl/N-ethyl adjacent to an activating group) is 1. The van der Waals surface area contributed by atoms with Gasteiger partial charge in [0.1, 0.15) is 5.82 Å². The Labute approximate surface area is 180 Å². The summed E-state index contributed by atoms with van der Waals surface area (Å²) in [5.41, 5.74) is 5.47. The summed E-state index contributed by atoms with van der Waals surface area (Å²) in [7, 11) is 4.00. The predicted molar refractivity (Wildman–Crippen MR) is 120 cm³/mol. The first-order chi connectivity index (χ1) is 14.9. The molecule has 0 amide bonds. The van der Waals surface area contributed by atoms with Crippen LogP contribution in [0.3, 0.4) is 0 Å². The van der Waals surface area contributed by atoms with Gasteiger partial charge in [-0.25, -0.2) is 9.97 Å². The molecule has 9 heteroatoms. The summed E-state index contributed by atoms with van der Waals surface area (Å²) < 4.78 is 1.73. The first-order valence-electron chi connectivity index (χ1n) is 10.4. The van der Waals surface area contributed by atoms with Crippen LogP contribution in [-0.4, -0.2) is 73.6 Å². The number of imidazole rings is 1. The zero-order chi connectivity index (χ0) is 21.7. The van der Waals surface area contributed by atoms with Crippen LogP contribution in [0.25, 0.3) is 33.8 Å². The summed E-state index contributed by atoms with van der Waals surface area (Å²) >= 11 is 0. The molecule has 1 aliphatic heterocycles. The molecule has 31 heavy (non-hydrogen) atoms. The zero-order valence-corrected chi connectivity index (χ0v) is 18.2. The van der Waals surface area contributed by atoms with E-state index in [1.165, 1.54) is 0 Å². The molecule has 0 bridgehead atoms. The topological polar surface area (TPSA) is 98.7 Å². The van der Waals surface area contributed by atoms with E-state index in [0.29, 0.717) is 17.0 Å². The smallest absolute Gasteiger partial charge is 0.180 e. The third-order valence-corrected chi connectivity index (χ3v) is 5.93. The molecule has 0 saturated carbocycles. The number of hydrogen-bond donors (Lipinski definition) is 2. The fourth-order valence-electron chi connectivity index (χ4n) is 4.29. The van der Waals surface area contributed by atoms with Gasteiger partial charge in [0.25, 0.3) is 0 Å². The lowest BCUT2D eigenvalue weighted by Gasteiger charge is -2.33. The predicted octanol–water partition coefficient (Wildman–Crippen LogP) is 2.62. The maximum Gasteiger partial charge on any atom is 0.180 e. The lowest BCUT2D eigenvalue weighted by Crippen LogP contribution is -2.44. The lowest BCUT2D eigenvalue weighted by molar-refractivity contribution is 0.101. The van der Waals surface area contributed by atoms with Crippen molar-refractivity contribution in [2.45, 2.75) is 13.8 Å². The fraction of sp³-hybridized carbons (Fsp3) is 0.364. The molecule has 0 aromatic carbocycles. The van der Waals surface area contributed by atoms with Crippen LogP contribution in [0.5, 0.6) is 0 Å². The van der Waals surface area contributed by atoms with Gasteiger partial charge in [0, 0.05) is 61.8 Å². The molecule has 0 radical (unpaired) electrons. The number of nitrogens with one attached hydrogen (secondary N) is 2. The van der Waals surface area contributed by atoms with Crippen LogP contribution in [-0.2, 0) is 7.05 Å². The number of aromatic nitrogens is 6. The van der Waals surface area contributed by atoms with E-state index >= 15 is 0 Å². The first-order valence-corrected chi connectivity index (χ1v) is 10.4. The second kappa shape index (κ2) is 7.35. The monoisotopic (exact) mass is 418 g/mol. The highest BCUT2D eigenvalue weighted by molar-refractivity contribution is 6.05. The number of fused-ring (bicyclic) bond motifs is 1. The number of ketones is 1. The number of pyridine rings is 1. The van der Waals surface area contributed by atoms with Gasteiger partial charge in [-0.15, -0.1) is 0 Å². The number of aromatic amines is 2. The van der Waals surface area contributed by atoms with E-state index in [2.05, 4.69) is 31.9 Å². The van der Waals surface area contributed by atoms with Crippen molar-refractivity contribution in [1.82, 2.24) is 34.6 Å². The van der Waals surface area contributed by atoms with Crippen LogP contribution in [0.4, 0.5) is 5.82 Å². The SMILES string of the molecule is CC(=O)c1c(C)[nH]c(-c2nc3nc(N4CCN(C)CC4)ccc3[nH]2)c1-c1cnn(C)c1. The Hall–Kier alpha value is -3.46. The molecule has 1 aliphatic rings. The number of Topliss-reactive ketones (excluding diaryl/α,β-unsaturated/α-hetero) is 1. The Kier molecular flexibility index (Phi) is 4.62. The second-order valence-electron chi connectivity index (χ2n) is 8.25. The Morgan fingerprint density at radius 2 is 1.84 bits per heavy atom. The Balaban J connectivity index is 1.59. The molecule has 0 atom stereocenters. The van der Waals surface area contributed by atoms with Crippen molar-refractivity contribution in [2.75, 3.05) is 38.1 Å². The molecule has 1 fully saturated rings. The summed E-state index contributed by atoms with van der Waals surface area (Å²) in [5, 5.41) is 4.29. The van der Waals surface area contributed by atoms with E-state index in [9.17, 15) is 4.79 Å². The van der Waals surface area contributed by atoms with E-state index in [0.717, 1.165) is 60.0 Å². The number of rotatable bonds is 4. The highest BCUT2D eigenvalue weighted by atomic mass is 16.1. The number of carbonyl (C=O) groups excluding carboxylic acids is 1. The second-order valence-corrected chi connectivity index (χ2v) is 8.25. The standard InChI is InChI=1S/C22H26N8O/c1-13-18(14(2)31)19(15-11-23-29(4)12-15)20(24-13)22-25-16-5-6-17(26-21(16)27-22)30-9-7-28(3)8-10-30/h5-6,11-12,24H,7-10H2,1-4H3,(H,25,26,27). The van der Waals surface area contributed by atoms with Crippen molar-refractivity contribution >= 4 is 22.8 Å². The molecular weight excluding hydrogens is 392 g/mol. The number of H-pyrrole nitrogens is 2. The molecule has 4 aromatic rings. The minimum atomic E-state index is 0.00504. The number of hydrogen-bond acceptors (Lipinski definition) is 6. The summed E-state index contributed by atoms with van der Waals surface area (Å²) in [5.74, 6) is 1.61. The molecule has 5 rings (SSSR count). The average molecular weight is 419 g/mol. The highest BCUT2D eigenvalue weighted by Crippen LogP contribution is 2.36. The molecular formula is C22H26N8O. The minimum absolute atomic E-state index is 0.00504. The Morgan fingerprint density at radius 3 is 2.52 bits per heavy atom. The minimum Gasteiger partial charge on any atom is -0.355 e. The molecule has 5 heterocycles. The largest absolute Gasteiger partial charge is 0.355 e. The van der Waals surface area contributed by atoms with Crippen molar-refractivity contribution in [3.63, 3.8) is 0 Å². The van der Waals surface area contributed by atoms with Crippen LogP contribution < -0.4 is 4.90 Å². The van der Waals surface area contributed by atoms with Gasteiger partial charge in [-0.05, 0) is 33.0 Å². The van der Waals surface area contributed by atoms with Gasteiger partial charge in [0.05, 0.1) is 17.4 Å². The number of nitrogens with zero attached hydrogens (tertiary/aromatic N) is 6. The van der Waals surface area contributed by atoms with E-state index in [1.807, 2.05) is 32.3 Å². The summed E-state index contributed by atoms with van der Waals surface area (Å²) in [6.45, 7) is 7.45. The fourth-order valence-corrected chi connectivity index (χ4v) is 4.29. The Morgan fingerprint density at radius 1 is 1.06 bits per heavy atom. The van der Waals surface area contributed by atoms with Crippen molar-refractivity contribution in [1.29, 1.82) is 0 Å². The van der Waals surface area contributed by atoms with Crippen LogP contribution in [0, 0.1) is 6.92 Å². The molecule has 1 saturated heterocycles. The van der Waals surface area contributed by atoms with Crippen LogP contribution in [0.15, 0.2) is 24.5 Å². The van der Waals surface area contributed by atoms with E-state index in [4.69, 9.17) is 9.97 Å². The molecule has 4 aromatic heterocycles. The van der Waals surface area contributed by atoms with Crippen molar-refractivity contribution in [3.8, 4) is 22.6 Å². The molecule has 0 unspecified atom stereocenters. The molecule has 2 N–H and O–H groups in total. The number of aryl methyl sites for hydroxylation is 2. The summed E-state index contributed by atoms with van der Waals surface area (Å²) in [6.07, 6.45) is 3.68. The zero-order valence-electron chi connectivity index (χ0n) is 18.2. The van der Waals surface area contributed by atoms with E-state index in [-0.39, 0.29) is 5.78 Å². The summed E-state index contributed by atoms with van der Waals surface area (Å²) in [6, 6.07) is 4.07. The van der Waals surface area contributed by atoms with Gasteiger partial charge in [-0.2, -0.15) is 5.10 Å². The van der Waals surface area contributed by atoms with Crippen molar-refractivity contribution in [2.24, 2.45) is 7.05 Å². The molecule has 0 aliphatic carbocycles. The normalized spacial score (nSPS) is 15.2. The Bertz CT molecular complexity index is 1270. The molecule has 0 spiro atoms. The van der Waals surface area contributed by atoms with Gasteiger partial charge < -0.3 is 19.8 Å². The summed E-state index contributed by atoms with van der Waals surface area (Å²) in [4.78, 5) is 33.4. The molecule has 9 nitrogen and oxygen atoms in total. The van der Waals surface area contributed by atoms with E-state index in [1.54, 1.807) is 17.8 Å². The van der Waals surface area contributed by atoms with Crippen molar-refractivity contribution < 1.29 is 4.79 Å². The van der Waals surface area contributed by atoms with Crippen LogP contribution >= 0.6 is 0 Å². The van der Waals surface area contributed by atoms with Crippen LogP contribution in [0.1, 0.15) is 23.0 Å². The number of carbonyl (C=O) groups is 1. The maximum atomic E-state index is 12.4. The van der Waals surface area contributed by atoms with Gasteiger partial charge in [-0.1, -0.05) is 0 Å². The van der Waals surface area contributed by atoms with Gasteiger partial charge >= 0.3 is 0 Å². The average Bonchev–Trinajstić information content (AvgIpc) is 3.43. The highest BCUT2D eigenvalue weighted by Gasteiger charge is 2.24. The third kappa shape index (κ3) is 3.40. The number of piperazine rings is 1. The van der Waals surface area contributed by atoms with Gasteiger partial charge in [-0.3, -0.25) is 9.48 Å². The maximum absolute atomic E-state index is 12.4. The first kappa shape index (κ1) is 19.5. The third-order valence-electron chi connectivity index (χ3n) is 5.93.